The maximum absolute atomic E-state index is 11.4. The molecule has 1 unspecified atom stereocenters. The van der Waals surface area contributed by atoms with Crippen LogP contribution in [0, 0.1) is 0 Å². The van der Waals surface area contributed by atoms with Crippen molar-refractivity contribution in [1.82, 2.24) is 5.32 Å². The van der Waals surface area contributed by atoms with Gasteiger partial charge in [0, 0.05) is 11.6 Å². The summed E-state index contributed by atoms with van der Waals surface area (Å²) in [4.78, 5) is 11.4. The molecule has 3 nitrogen and oxygen atoms in total. The van der Waals surface area contributed by atoms with Gasteiger partial charge in [-0.2, -0.15) is 0 Å². The largest absolute Gasteiger partial charge is 0.362 e. The molecule has 0 bridgehead atoms. The molecule has 14 heavy (non-hydrogen) atoms. The van der Waals surface area contributed by atoms with E-state index in [1.54, 1.807) is 6.08 Å². The van der Waals surface area contributed by atoms with Gasteiger partial charge < -0.3 is 10.1 Å². The van der Waals surface area contributed by atoms with Gasteiger partial charge in [-0.05, 0) is 39.7 Å². The Hall–Kier alpha value is -0.830. The minimum absolute atomic E-state index is 0.00236. The third-order valence-electron chi connectivity index (χ3n) is 2.76. The van der Waals surface area contributed by atoms with Gasteiger partial charge in [-0.15, -0.1) is 0 Å². The Morgan fingerprint density at radius 2 is 2.00 bits per heavy atom. The number of amides is 1. The van der Waals surface area contributed by atoms with Crippen LogP contribution >= 0.6 is 0 Å². The van der Waals surface area contributed by atoms with Gasteiger partial charge in [0.1, 0.15) is 6.10 Å². The SMILES string of the molecule is CC1(C)CC(C2OC2(C)C)=CC(=O)N1. The highest BCUT2D eigenvalue weighted by Gasteiger charge is 2.51. The van der Waals surface area contributed by atoms with Gasteiger partial charge in [-0.1, -0.05) is 0 Å². The number of rotatable bonds is 1. The lowest BCUT2D eigenvalue weighted by Gasteiger charge is -2.30. The normalized spacial score (nSPS) is 33.3. The molecule has 2 aliphatic rings. The summed E-state index contributed by atoms with van der Waals surface area (Å²) in [5.74, 6) is 0.00236. The summed E-state index contributed by atoms with van der Waals surface area (Å²) < 4.78 is 5.54. The molecule has 0 aromatic carbocycles. The number of epoxide rings is 1. The van der Waals surface area contributed by atoms with Crippen LogP contribution in [-0.4, -0.2) is 23.2 Å². The van der Waals surface area contributed by atoms with Crippen molar-refractivity contribution in [3.63, 3.8) is 0 Å². The molecular weight excluding hydrogens is 178 g/mol. The monoisotopic (exact) mass is 195 g/mol. The molecule has 78 valence electrons. The van der Waals surface area contributed by atoms with Gasteiger partial charge in [-0.3, -0.25) is 4.79 Å². The van der Waals surface area contributed by atoms with E-state index in [9.17, 15) is 4.79 Å². The van der Waals surface area contributed by atoms with Gasteiger partial charge >= 0.3 is 0 Å². The van der Waals surface area contributed by atoms with E-state index in [-0.39, 0.29) is 23.2 Å². The zero-order valence-electron chi connectivity index (χ0n) is 9.18. The molecule has 0 aromatic rings. The first-order chi connectivity index (χ1) is 6.30. The second-order valence-electron chi connectivity index (χ2n) is 5.37. The Balaban J connectivity index is 2.17. The van der Waals surface area contributed by atoms with E-state index in [1.807, 2.05) is 13.8 Å². The fourth-order valence-corrected chi connectivity index (χ4v) is 2.10. The fraction of sp³-hybridized carbons (Fsp3) is 0.727. The Kier molecular flexibility index (Phi) is 1.80. The quantitative estimate of drug-likeness (QED) is 0.642. The lowest BCUT2D eigenvalue weighted by atomic mass is 9.87. The average molecular weight is 195 g/mol. The predicted octanol–water partition coefficient (Wildman–Crippen LogP) is 1.39. The predicted molar refractivity (Wildman–Crippen MR) is 53.9 cm³/mol. The van der Waals surface area contributed by atoms with Crippen LogP contribution in [0.4, 0.5) is 0 Å². The van der Waals surface area contributed by atoms with Crippen LogP contribution in [-0.2, 0) is 9.53 Å². The molecule has 1 fully saturated rings. The highest BCUT2D eigenvalue weighted by Crippen LogP contribution is 2.43. The van der Waals surface area contributed by atoms with Crippen molar-refractivity contribution in [3.8, 4) is 0 Å². The lowest BCUT2D eigenvalue weighted by molar-refractivity contribution is -0.118. The Morgan fingerprint density at radius 1 is 1.43 bits per heavy atom. The van der Waals surface area contributed by atoms with Crippen LogP contribution in [0.5, 0.6) is 0 Å². The highest BCUT2D eigenvalue weighted by atomic mass is 16.6. The van der Waals surface area contributed by atoms with Crippen LogP contribution in [0.15, 0.2) is 11.6 Å². The van der Waals surface area contributed by atoms with Crippen LogP contribution < -0.4 is 5.32 Å². The van der Waals surface area contributed by atoms with Gasteiger partial charge in [-0.25, -0.2) is 0 Å². The van der Waals surface area contributed by atoms with Crippen molar-refractivity contribution in [3.05, 3.63) is 11.6 Å². The van der Waals surface area contributed by atoms with Gasteiger partial charge in [0.05, 0.1) is 5.60 Å². The number of hydrogen-bond acceptors (Lipinski definition) is 2. The molecule has 0 radical (unpaired) electrons. The summed E-state index contributed by atoms with van der Waals surface area (Å²) >= 11 is 0. The first-order valence-electron chi connectivity index (χ1n) is 5.01. The summed E-state index contributed by atoms with van der Waals surface area (Å²) in [5, 5.41) is 2.92. The minimum Gasteiger partial charge on any atom is -0.362 e. The molecule has 2 heterocycles. The van der Waals surface area contributed by atoms with Crippen molar-refractivity contribution >= 4 is 5.91 Å². The Bertz CT molecular complexity index is 315. The summed E-state index contributed by atoms with van der Waals surface area (Å²) in [6.45, 7) is 8.18. The number of nitrogens with one attached hydrogen (secondary N) is 1. The molecule has 0 saturated carbocycles. The Labute approximate surface area is 84.5 Å². The maximum Gasteiger partial charge on any atom is 0.244 e. The number of carbonyl (C=O) groups excluding carboxylic acids is 1. The fourth-order valence-electron chi connectivity index (χ4n) is 2.10. The second-order valence-corrected chi connectivity index (χ2v) is 5.37. The molecule has 0 aliphatic carbocycles. The zero-order chi connectivity index (χ0) is 10.6. The molecule has 3 heteroatoms. The molecule has 0 spiro atoms. The van der Waals surface area contributed by atoms with Crippen molar-refractivity contribution in [1.29, 1.82) is 0 Å². The molecule has 1 N–H and O–H groups in total. The summed E-state index contributed by atoms with van der Waals surface area (Å²) in [5.41, 5.74) is 0.923. The first-order valence-corrected chi connectivity index (χ1v) is 5.01. The lowest BCUT2D eigenvalue weighted by Crippen LogP contribution is -2.46. The summed E-state index contributed by atoms with van der Waals surface area (Å²) in [6.07, 6.45) is 2.71. The van der Waals surface area contributed by atoms with Crippen LogP contribution in [0.2, 0.25) is 0 Å². The smallest absolute Gasteiger partial charge is 0.244 e. The van der Waals surface area contributed by atoms with E-state index in [4.69, 9.17) is 4.74 Å². The number of ether oxygens (including phenoxy) is 1. The van der Waals surface area contributed by atoms with E-state index >= 15 is 0 Å². The third-order valence-corrected chi connectivity index (χ3v) is 2.76. The van der Waals surface area contributed by atoms with Crippen LogP contribution in [0.3, 0.4) is 0 Å². The van der Waals surface area contributed by atoms with Crippen molar-refractivity contribution in [2.75, 3.05) is 0 Å². The molecule has 1 amide bonds. The average Bonchev–Trinajstić information content (AvgIpc) is 2.55. The second kappa shape index (κ2) is 2.60. The molecule has 1 saturated heterocycles. The van der Waals surface area contributed by atoms with E-state index in [1.165, 1.54) is 0 Å². The van der Waals surface area contributed by atoms with Crippen LogP contribution in [0.25, 0.3) is 0 Å². The maximum atomic E-state index is 11.4. The minimum atomic E-state index is -0.136. The standard InChI is InChI=1S/C11H17NO2/c1-10(2)6-7(5-8(13)12-10)9-11(3,4)14-9/h5,9H,6H2,1-4H3,(H,12,13). The van der Waals surface area contributed by atoms with Gasteiger partial charge in [0.2, 0.25) is 5.91 Å². The number of carbonyl (C=O) groups is 1. The molecule has 0 aromatic heterocycles. The zero-order valence-corrected chi connectivity index (χ0v) is 9.18. The Morgan fingerprint density at radius 3 is 2.43 bits per heavy atom. The highest BCUT2D eigenvalue weighted by molar-refractivity contribution is 5.90. The molecule has 1 atom stereocenters. The van der Waals surface area contributed by atoms with Crippen molar-refractivity contribution in [2.45, 2.75) is 51.4 Å². The van der Waals surface area contributed by atoms with E-state index in [2.05, 4.69) is 19.2 Å². The topological polar surface area (TPSA) is 41.6 Å². The summed E-state index contributed by atoms with van der Waals surface area (Å²) in [6, 6.07) is 0. The summed E-state index contributed by atoms with van der Waals surface area (Å²) in [7, 11) is 0. The molecule has 2 rings (SSSR count). The van der Waals surface area contributed by atoms with Crippen LogP contribution in [0.1, 0.15) is 34.1 Å². The van der Waals surface area contributed by atoms with Gasteiger partial charge in [0.15, 0.2) is 0 Å². The van der Waals surface area contributed by atoms with E-state index in [0.717, 1.165) is 12.0 Å². The first kappa shape index (κ1) is 9.71. The van der Waals surface area contributed by atoms with E-state index < -0.39 is 0 Å². The van der Waals surface area contributed by atoms with E-state index in [0.29, 0.717) is 0 Å². The molecule has 2 aliphatic heterocycles. The van der Waals surface area contributed by atoms with Crippen molar-refractivity contribution in [2.24, 2.45) is 0 Å². The van der Waals surface area contributed by atoms with Crippen molar-refractivity contribution < 1.29 is 9.53 Å². The molecular formula is C11H17NO2. The number of hydrogen-bond donors (Lipinski definition) is 1. The van der Waals surface area contributed by atoms with Gasteiger partial charge in [0.25, 0.3) is 0 Å². The third kappa shape index (κ3) is 1.69.